The second-order valence-corrected chi connectivity index (χ2v) is 6.78. The molecule has 3 aromatic rings. The molecule has 0 bridgehead atoms. The van der Waals surface area contributed by atoms with Crippen LogP contribution in [0, 0.1) is 5.82 Å². The van der Waals surface area contributed by atoms with Crippen LogP contribution in [0.2, 0.25) is 5.02 Å². The van der Waals surface area contributed by atoms with Crippen molar-refractivity contribution in [2.75, 3.05) is 11.1 Å². The molecule has 0 radical (unpaired) electrons. The van der Waals surface area contributed by atoms with Gasteiger partial charge in [0.1, 0.15) is 5.82 Å². The van der Waals surface area contributed by atoms with E-state index in [1.165, 1.54) is 36.4 Å². The van der Waals surface area contributed by atoms with Crippen molar-refractivity contribution in [2.24, 2.45) is 0 Å². The first-order chi connectivity index (χ1) is 14.4. The predicted molar refractivity (Wildman–Crippen MR) is 120 cm³/mol. The molecule has 3 rings (SSSR count). The highest BCUT2D eigenvalue weighted by Gasteiger charge is 2.07. The van der Waals surface area contributed by atoms with Crippen molar-refractivity contribution in [1.82, 2.24) is 0 Å². The number of carbonyl (C=O) groups excluding carboxylic acids is 2. The summed E-state index contributed by atoms with van der Waals surface area (Å²) >= 11 is 6.00. The number of amides is 1. The van der Waals surface area contributed by atoms with E-state index in [1.807, 2.05) is 0 Å². The molecule has 0 unspecified atom stereocenters. The summed E-state index contributed by atoms with van der Waals surface area (Å²) in [6.45, 7) is 0. The summed E-state index contributed by atoms with van der Waals surface area (Å²) in [4.78, 5) is 24.2. The lowest BCUT2D eigenvalue weighted by Gasteiger charge is -2.05. The smallest absolute Gasteiger partial charge is 0.248 e. The number of carbonyl (C=O) groups is 2. The molecule has 0 aliphatic rings. The fourth-order valence-corrected chi connectivity index (χ4v) is 2.88. The van der Waals surface area contributed by atoms with Crippen LogP contribution in [0.1, 0.15) is 21.5 Å². The van der Waals surface area contributed by atoms with Crippen molar-refractivity contribution in [1.29, 1.82) is 0 Å². The van der Waals surface area contributed by atoms with Gasteiger partial charge in [-0.1, -0.05) is 54.1 Å². The summed E-state index contributed by atoms with van der Waals surface area (Å²) in [7, 11) is 0. The van der Waals surface area contributed by atoms with Crippen LogP contribution in [-0.2, 0) is 4.79 Å². The Morgan fingerprint density at radius 1 is 0.933 bits per heavy atom. The number of rotatable bonds is 6. The maximum absolute atomic E-state index is 14.4. The van der Waals surface area contributed by atoms with Gasteiger partial charge in [0.2, 0.25) is 5.91 Å². The minimum Gasteiger partial charge on any atom is -0.397 e. The summed E-state index contributed by atoms with van der Waals surface area (Å²) in [5, 5.41) is 2.99. The molecular weight excluding hydrogens is 403 g/mol. The van der Waals surface area contributed by atoms with E-state index in [0.29, 0.717) is 27.5 Å². The van der Waals surface area contributed by atoms with Gasteiger partial charge in [0.15, 0.2) is 5.78 Å². The molecule has 0 saturated heterocycles. The molecule has 6 heteroatoms. The third kappa shape index (κ3) is 5.43. The number of anilines is 2. The van der Waals surface area contributed by atoms with Crippen LogP contribution in [0.5, 0.6) is 0 Å². The maximum atomic E-state index is 14.4. The van der Waals surface area contributed by atoms with Gasteiger partial charge in [0.05, 0.1) is 16.4 Å². The first-order valence-corrected chi connectivity index (χ1v) is 9.42. The van der Waals surface area contributed by atoms with E-state index in [1.54, 1.807) is 54.6 Å². The number of ketones is 1. The Bertz CT molecular complexity index is 1160. The monoisotopic (exact) mass is 420 g/mol. The molecule has 1 amide bonds. The van der Waals surface area contributed by atoms with Crippen molar-refractivity contribution in [3.05, 3.63) is 106 Å². The van der Waals surface area contributed by atoms with Gasteiger partial charge in [0, 0.05) is 17.2 Å². The molecule has 0 saturated carbocycles. The van der Waals surface area contributed by atoms with E-state index in [0.717, 1.165) is 0 Å². The number of allylic oxidation sites excluding steroid dienone is 1. The van der Waals surface area contributed by atoms with Gasteiger partial charge in [-0.25, -0.2) is 4.39 Å². The van der Waals surface area contributed by atoms with Crippen LogP contribution in [0.3, 0.4) is 0 Å². The molecule has 0 atom stereocenters. The first kappa shape index (κ1) is 21.0. The van der Waals surface area contributed by atoms with Crippen molar-refractivity contribution in [3.8, 4) is 0 Å². The Kier molecular flexibility index (Phi) is 6.78. The van der Waals surface area contributed by atoms with E-state index < -0.39 is 11.7 Å². The van der Waals surface area contributed by atoms with E-state index in [2.05, 4.69) is 5.32 Å². The quantitative estimate of drug-likeness (QED) is 0.309. The van der Waals surface area contributed by atoms with Crippen LogP contribution in [0.4, 0.5) is 15.8 Å². The maximum Gasteiger partial charge on any atom is 0.248 e. The van der Waals surface area contributed by atoms with Gasteiger partial charge in [-0.15, -0.1) is 0 Å². The van der Waals surface area contributed by atoms with Crippen molar-refractivity contribution < 1.29 is 14.0 Å². The zero-order valence-electron chi connectivity index (χ0n) is 15.8. The van der Waals surface area contributed by atoms with Crippen molar-refractivity contribution in [3.63, 3.8) is 0 Å². The molecule has 0 heterocycles. The fraction of sp³-hybridized carbons (Fsp3) is 0. The molecule has 3 aromatic carbocycles. The molecule has 0 spiro atoms. The van der Waals surface area contributed by atoms with Crippen LogP contribution in [0.15, 0.2) is 78.9 Å². The highest BCUT2D eigenvalue weighted by Crippen LogP contribution is 2.19. The molecule has 0 aromatic heterocycles. The minimum absolute atomic E-state index is 0.237. The van der Waals surface area contributed by atoms with E-state index in [9.17, 15) is 14.0 Å². The first-order valence-electron chi connectivity index (χ1n) is 9.04. The van der Waals surface area contributed by atoms with Gasteiger partial charge in [0.25, 0.3) is 0 Å². The van der Waals surface area contributed by atoms with Crippen LogP contribution < -0.4 is 11.1 Å². The third-order valence-electron chi connectivity index (χ3n) is 4.22. The Balaban J connectivity index is 1.67. The second kappa shape index (κ2) is 9.67. The second-order valence-electron chi connectivity index (χ2n) is 6.37. The van der Waals surface area contributed by atoms with Crippen LogP contribution in [0.25, 0.3) is 12.2 Å². The number of hydrogen-bond acceptors (Lipinski definition) is 3. The average molecular weight is 421 g/mol. The summed E-state index contributed by atoms with van der Waals surface area (Å²) in [6, 6.07) is 18.0. The standard InChI is InChI=1S/C24H18ClFN2O2/c25-19-6-2-1-5-18(19)23(29)13-10-16-9-11-17(20(26)15-16)12-14-24(30)28-22-8-4-3-7-21(22)27/h1-15H,27H2,(H,28,30)/b13-10+,14-12+. The van der Waals surface area contributed by atoms with Gasteiger partial charge in [-0.3, -0.25) is 9.59 Å². The number of halogens is 2. The van der Waals surface area contributed by atoms with Gasteiger partial charge in [-0.05, 0) is 48.0 Å². The van der Waals surface area contributed by atoms with Crippen molar-refractivity contribution >= 4 is 46.8 Å². The predicted octanol–water partition coefficient (Wildman–Crippen LogP) is 5.61. The Labute approximate surface area is 178 Å². The number of para-hydroxylation sites is 2. The zero-order valence-corrected chi connectivity index (χ0v) is 16.6. The summed E-state index contributed by atoms with van der Waals surface area (Å²) in [6.07, 6.45) is 5.43. The number of nitrogens with two attached hydrogens (primary N) is 1. The molecule has 150 valence electrons. The fourth-order valence-electron chi connectivity index (χ4n) is 2.66. The SMILES string of the molecule is Nc1ccccc1NC(=O)/C=C/c1ccc(/C=C/C(=O)c2ccccc2Cl)cc1F. The lowest BCUT2D eigenvalue weighted by atomic mass is 10.1. The zero-order chi connectivity index (χ0) is 21.5. The van der Waals surface area contributed by atoms with Gasteiger partial charge >= 0.3 is 0 Å². The lowest BCUT2D eigenvalue weighted by molar-refractivity contribution is -0.111. The third-order valence-corrected chi connectivity index (χ3v) is 4.55. The lowest BCUT2D eigenvalue weighted by Crippen LogP contribution is -2.09. The number of nitrogen functional groups attached to an aromatic ring is 1. The molecule has 0 aliphatic carbocycles. The Morgan fingerprint density at radius 2 is 1.67 bits per heavy atom. The molecular formula is C24H18ClFN2O2. The highest BCUT2D eigenvalue weighted by molar-refractivity contribution is 6.34. The summed E-state index contributed by atoms with van der Waals surface area (Å²) in [5.74, 6) is -1.23. The van der Waals surface area contributed by atoms with Crippen LogP contribution in [-0.4, -0.2) is 11.7 Å². The summed E-state index contributed by atoms with van der Waals surface area (Å²) in [5.41, 5.74) is 7.81. The average Bonchev–Trinajstić information content (AvgIpc) is 2.73. The van der Waals surface area contributed by atoms with Gasteiger partial charge in [-0.2, -0.15) is 0 Å². The highest BCUT2D eigenvalue weighted by atomic mass is 35.5. The summed E-state index contributed by atoms with van der Waals surface area (Å²) < 4.78 is 14.4. The topological polar surface area (TPSA) is 72.2 Å². The Morgan fingerprint density at radius 3 is 2.40 bits per heavy atom. The molecule has 4 nitrogen and oxygen atoms in total. The molecule has 0 aliphatic heterocycles. The van der Waals surface area contributed by atoms with Gasteiger partial charge < -0.3 is 11.1 Å². The molecule has 3 N–H and O–H groups in total. The minimum atomic E-state index is -0.523. The normalized spacial score (nSPS) is 11.1. The van der Waals surface area contributed by atoms with E-state index in [4.69, 9.17) is 17.3 Å². The van der Waals surface area contributed by atoms with Crippen molar-refractivity contribution in [2.45, 2.75) is 0 Å². The number of benzene rings is 3. The molecule has 30 heavy (non-hydrogen) atoms. The van der Waals surface area contributed by atoms with E-state index in [-0.39, 0.29) is 11.3 Å². The molecule has 0 fully saturated rings. The number of nitrogens with one attached hydrogen (secondary N) is 1. The Hall–Kier alpha value is -3.70. The largest absolute Gasteiger partial charge is 0.397 e. The van der Waals surface area contributed by atoms with E-state index >= 15 is 0 Å². The number of hydrogen-bond donors (Lipinski definition) is 2. The van der Waals surface area contributed by atoms with Crippen LogP contribution >= 0.6 is 11.6 Å².